The Morgan fingerprint density at radius 3 is 2.53 bits per heavy atom. The minimum atomic E-state index is -0.723. The van der Waals surface area contributed by atoms with E-state index >= 15 is 0 Å². The third kappa shape index (κ3) is 2.87. The number of carbonyl (C=O) groups excluding carboxylic acids is 1. The number of carboxylic acid groups (broad SMARTS) is 1. The second-order valence-electron chi connectivity index (χ2n) is 4.44. The van der Waals surface area contributed by atoms with Crippen LogP contribution >= 0.6 is 0 Å². The molecule has 1 aromatic rings. The lowest BCUT2D eigenvalue weighted by molar-refractivity contribution is -0.142. The molecule has 0 atom stereocenters. The maximum absolute atomic E-state index is 11.7. The van der Waals surface area contributed by atoms with Crippen LogP contribution in [0, 0.1) is 5.92 Å². The van der Waals surface area contributed by atoms with Gasteiger partial charge < -0.3 is 15.4 Å². The van der Waals surface area contributed by atoms with Crippen LogP contribution in [0.1, 0.15) is 36.2 Å². The minimum Gasteiger partial charge on any atom is -0.481 e. The zero-order valence-electron chi connectivity index (χ0n) is 9.48. The van der Waals surface area contributed by atoms with E-state index in [0.717, 1.165) is 12.8 Å². The van der Waals surface area contributed by atoms with Crippen molar-refractivity contribution in [3.05, 3.63) is 24.0 Å². The highest BCUT2D eigenvalue weighted by Crippen LogP contribution is 2.24. The van der Waals surface area contributed by atoms with Crippen molar-refractivity contribution in [2.24, 2.45) is 5.92 Å². The van der Waals surface area contributed by atoms with Crippen LogP contribution in [0.15, 0.2) is 18.3 Å². The number of hydrogen-bond donors (Lipinski definition) is 3. The molecule has 0 bridgehead atoms. The highest BCUT2D eigenvalue weighted by atomic mass is 16.4. The molecule has 5 heteroatoms. The van der Waals surface area contributed by atoms with Crippen LogP contribution < -0.4 is 5.32 Å². The molecule has 1 aromatic heterocycles. The summed E-state index contributed by atoms with van der Waals surface area (Å²) >= 11 is 0. The summed E-state index contributed by atoms with van der Waals surface area (Å²) in [5.41, 5.74) is 0.547. The first-order valence-corrected chi connectivity index (χ1v) is 5.84. The standard InChI is InChI=1S/C12H16N2O3/c15-11(10-2-1-7-13-10)14-9-5-3-8(4-6-9)12(16)17/h1-2,7-9,13H,3-6H2,(H,14,15)(H,16,17). The molecular formula is C12H16N2O3. The molecule has 2 rings (SSSR count). The molecule has 0 unspecified atom stereocenters. The van der Waals surface area contributed by atoms with Gasteiger partial charge in [0, 0.05) is 12.2 Å². The van der Waals surface area contributed by atoms with E-state index in [4.69, 9.17) is 5.11 Å². The summed E-state index contributed by atoms with van der Waals surface area (Å²) < 4.78 is 0. The van der Waals surface area contributed by atoms with Crippen molar-refractivity contribution in [1.82, 2.24) is 10.3 Å². The van der Waals surface area contributed by atoms with Crippen molar-refractivity contribution >= 4 is 11.9 Å². The molecule has 1 aliphatic rings. The van der Waals surface area contributed by atoms with Gasteiger partial charge in [-0.25, -0.2) is 0 Å². The monoisotopic (exact) mass is 236 g/mol. The van der Waals surface area contributed by atoms with E-state index in [1.54, 1.807) is 18.3 Å². The number of amides is 1. The predicted molar refractivity (Wildman–Crippen MR) is 61.6 cm³/mol. The zero-order valence-corrected chi connectivity index (χ0v) is 9.48. The summed E-state index contributed by atoms with van der Waals surface area (Å²) in [4.78, 5) is 25.4. The summed E-state index contributed by atoms with van der Waals surface area (Å²) in [5.74, 6) is -1.08. The predicted octanol–water partition coefficient (Wildman–Crippen LogP) is 1.39. The molecular weight excluding hydrogens is 220 g/mol. The molecule has 0 radical (unpaired) electrons. The topological polar surface area (TPSA) is 82.2 Å². The Balaban J connectivity index is 1.82. The van der Waals surface area contributed by atoms with E-state index in [9.17, 15) is 9.59 Å². The molecule has 1 saturated carbocycles. The number of hydrogen-bond acceptors (Lipinski definition) is 2. The molecule has 1 amide bonds. The lowest BCUT2D eigenvalue weighted by Gasteiger charge is -2.26. The molecule has 5 nitrogen and oxygen atoms in total. The Morgan fingerprint density at radius 2 is 2.00 bits per heavy atom. The number of carbonyl (C=O) groups is 2. The number of rotatable bonds is 3. The van der Waals surface area contributed by atoms with Gasteiger partial charge in [0.25, 0.3) is 5.91 Å². The Kier molecular flexibility index (Phi) is 3.46. The average molecular weight is 236 g/mol. The SMILES string of the molecule is O=C(NC1CCC(C(=O)O)CC1)c1ccc[nH]1. The van der Waals surface area contributed by atoms with E-state index in [0.29, 0.717) is 18.5 Å². The average Bonchev–Trinajstić information content (AvgIpc) is 2.83. The third-order valence-electron chi connectivity index (χ3n) is 3.25. The van der Waals surface area contributed by atoms with Gasteiger partial charge in [-0.2, -0.15) is 0 Å². The molecule has 1 fully saturated rings. The second kappa shape index (κ2) is 5.03. The Morgan fingerprint density at radius 1 is 1.29 bits per heavy atom. The molecule has 1 aliphatic carbocycles. The number of aromatic nitrogens is 1. The van der Waals surface area contributed by atoms with Crippen molar-refractivity contribution in [2.45, 2.75) is 31.7 Å². The van der Waals surface area contributed by atoms with Crippen LogP contribution in [0.3, 0.4) is 0 Å². The van der Waals surface area contributed by atoms with Gasteiger partial charge in [-0.1, -0.05) is 0 Å². The first-order valence-electron chi connectivity index (χ1n) is 5.84. The molecule has 0 spiro atoms. The second-order valence-corrected chi connectivity index (χ2v) is 4.44. The molecule has 17 heavy (non-hydrogen) atoms. The summed E-state index contributed by atoms with van der Waals surface area (Å²) in [5, 5.41) is 11.8. The summed E-state index contributed by atoms with van der Waals surface area (Å²) in [6, 6.07) is 3.59. The number of aliphatic carboxylic acids is 1. The van der Waals surface area contributed by atoms with Crippen LogP contribution in [-0.2, 0) is 4.79 Å². The number of aromatic amines is 1. The molecule has 3 N–H and O–H groups in total. The maximum atomic E-state index is 11.7. The molecule has 1 heterocycles. The van der Waals surface area contributed by atoms with Crippen LogP contribution in [-0.4, -0.2) is 28.0 Å². The summed E-state index contributed by atoms with van der Waals surface area (Å²) in [6.45, 7) is 0. The fourth-order valence-electron chi connectivity index (χ4n) is 2.22. The first kappa shape index (κ1) is 11.7. The minimum absolute atomic E-state index is 0.0985. The molecule has 0 aromatic carbocycles. The van der Waals surface area contributed by atoms with Gasteiger partial charge in [0.15, 0.2) is 0 Å². The quantitative estimate of drug-likeness (QED) is 0.741. The lowest BCUT2D eigenvalue weighted by Crippen LogP contribution is -2.38. The van der Waals surface area contributed by atoms with Crippen molar-refractivity contribution < 1.29 is 14.7 Å². The fourth-order valence-corrected chi connectivity index (χ4v) is 2.22. The van der Waals surface area contributed by atoms with Crippen molar-refractivity contribution in [3.63, 3.8) is 0 Å². The van der Waals surface area contributed by atoms with Gasteiger partial charge in [0.05, 0.1) is 5.92 Å². The Bertz CT molecular complexity index is 392. The normalized spacial score (nSPS) is 24.2. The maximum Gasteiger partial charge on any atom is 0.306 e. The van der Waals surface area contributed by atoms with Gasteiger partial charge in [0.1, 0.15) is 5.69 Å². The summed E-state index contributed by atoms with van der Waals surface area (Å²) in [6.07, 6.45) is 4.47. The van der Waals surface area contributed by atoms with Crippen LogP contribution in [0.25, 0.3) is 0 Å². The van der Waals surface area contributed by atoms with Crippen molar-refractivity contribution in [3.8, 4) is 0 Å². The fraction of sp³-hybridized carbons (Fsp3) is 0.500. The summed E-state index contributed by atoms with van der Waals surface area (Å²) in [7, 11) is 0. The van der Waals surface area contributed by atoms with Crippen molar-refractivity contribution in [1.29, 1.82) is 0 Å². The van der Waals surface area contributed by atoms with Crippen molar-refractivity contribution in [2.75, 3.05) is 0 Å². The van der Waals surface area contributed by atoms with Gasteiger partial charge >= 0.3 is 5.97 Å². The molecule has 92 valence electrons. The van der Waals surface area contributed by atoms with E-state index in [-0.39, 0.29) is 17.9 Å². The van der Waals surface area contributed by atoms with Crippen LogP contribution in [0.5, 0.6) is 0 Å². The van der Waals surface area contributed by atoms with Gasteiger partial charge in [-0.3, -0.25) is 9.59 Å². The number of nitrogens with one attached hydrogen (secondary N) is 2. The van der Waals surface area contributed by atoms with Gasteiger partial charge in [-0.15, -0.1) is 0 Å². The first-order chi connectivity index (χ1) is 8.16. The Hall–Kier alpha value is -1.78. The van der Waals surface area contributed by atoms with E-state index in [2.05, 4.69) is 10.3 Å². The van der Waals surface area contributed by atoms with Gasteiger partial charge in [-0.05, 0) is 37.8 Å². The highest BCUT2D eigenvalue weighted by Gasteiger charge is 2.26. The number of carboxylic acids is 1. The number of H-pyrrole nitrogens is 1. The Labute approximate surface area is 99.2 Å². The van der Waals surface area contributed by atoms with Crippen LogP contribution in [0.2, 0.25) is 0 Å². The smallest absolute Gasteiger partial charge is 0.306 e. The van der Waals surface area contributed by atoms with Crippen LogP contribution in [0.4, 0.5) is 0 Å². The largest absolute Gasteiger partial charge is 0.481 e. The van der Waals surface area contributed by atoms with Gasteiger partial charge in [0.2, 0.25) is 0 Å². The third-order valence-corrected chi connectivity index (χ3v) is 3.25. The highest BCUT2D eigenvalue weighted by molar-refractivity contribution is 5.92. The van der Waals surface area contributed by atoms with E-state index in [1.807, 2.05) is 0 Å². The van der Waals surface area contributed by atoms with E-state index in [1.165, 1.54) is 0 Å². The molecule has 0 aliphatic heterocycles. The molecule has 0 saturated heterocycles. The lowest BCUT2D eigenvalue weighted by atomic mass is 9.86. The van der Waals surface area contributed by atoms with E-state index < -0.39 is 5.97 Å². The zero-order chi connectivity index (χ0) is 12.3.